The fraction of sp³-hybridized carbons (Fsp3) is 0.222. The maximum atomic E-state index is 13.6. The third-order valence-electron chi connectivity index (χ3n) is 3.89. The van der Waals surface area contributed by atoms with Crippen LogP contribution in [0.15, 0.2) is 42.5 Å². The molecule has 23 heavy (non-hydrogen) atoms. The van der Waals surface area contributed by atoms with Crippen LogP contribution in [-0.4, -0.2) is 15.5 Å². The van der Waals surface area contributed by atoms with Gasteiger partial charge in [-0.2, -0.15) is 0 Å². The Kier molecular flexibility index (Phi) is 4.10. The molecular weight excluding hydrogens is 293 g/mol. The van der Waals surface area contributed by atoms with Gasteiger partial charge in [-0.3, -0.25) is 4.79 Å². The van der Waals surface area contributed by atoms with Crippen molar-refractivity contribution in [3.8, 4) is 0 Å². The van der Waals surface area contributed by atoms with E-state index in [1.54, 1.807) is 19.1 Å². The molecule has 4 nitrogen and oxygen atoms in total. The lowest BCUT2D eigenvalue weighted by Crippen LogP contribution is -2.24. The maximum Gasteiger partial charge on any atom is 0.251 e. The molecular formula is C18H18FN3O. The van der Waals surface area contributed by atoms with Gasteiger partial charge in [0.05, 0.1) is 17.6 Å². The number of hydrogen-bond acceptors (Lipinski definition) is 2. The number of benzene rings is 2. The standard InChI is InChI=1S/C18H18FN3O/c1-3-22-16-7-5-4-6-15(16)21-17(22)11-20-18(23)13-9-8-12(2)14(19)10-13/h4-10H,3,11H2,1-2H3,(H,20,23). The average molecular weight is 311 g/mol. The maximum absolute atomic E-state index is 13.6. The molecule has 0 saturated carbocycles. The zero-order valence-electron chi connectivity index (χ0n) is 13.1. The predicted octanol–water partition coefficient (Wildman–Crippen LogP) is 3.43. The highest BCUT2D eigenvalue weighted by Crippen LogP contribution is 2.16. The molecule has 1 heterocycles. The fourth-order valence-electron chi connectivity index (χ4n) is 2.61. The monoisotopic (exact) mass is 311 g/mol. The second-order valence-corrected chi connectivity index (χ2v) is 5.41. The highest BCUT2D eigenvalue weighted by atomic mass is 19.1. The van der Waals surface area contributed by atoms with Crippen LogP contribution in [0, 0.1) is 12.7 Å². The number of para-hydroxylation sites is 2. The molecule has 0 aliphatic heterocycles. The minimum atomic E-state index is -0.376. The molecule has 1 N–H and O–H groups in total. The summed E-state index contributed by atoms with van der Waals surface area (Å²) in [5, 5.41) is 2.81. The lowest BCUT2D eigenvalue weighted by molar-refractivity contribution is 0.0949. The number of halogens is 1. The first-order valence-electron chi connectivity index (χ1n) is 7.58. The van der Waals surface area contributed by atoms with Gasteiger partial charge in [0.1, 0.15) is 11.6 Å². The van der Waals surface area contributed by atoms with E-state index in [1.807, 2.05) is 31.2 Å². The number of imidazole rings is 1. The molecule has 3 aromatic rings. The van der Waals surface area contributed by atoms with E-state index in [4.69, 9.17) is 0 Å². The summed E-state index contributed by atoms with van der Waals surface area (Å²) in [6.07, 6.45) is 0. The van der Waals surface area contributed by atoms with E-state index in [-0.39, 0.29) is 11.7 Å². The number of aryl methyl sites for hydroxylation is 2. The van der Waals surface area contributed by atoms with Gasteiger partial charge in [0.2, 0.25) is 0 Å². The van der Waals surface area contributed by atoms with Crippen LogP contribution in [0.3, 0.4) is 0 Å². The number of aromatic nitrogens is 2. The van der Waals surface area contributed by atoms with Crippen LogP contribution in [0.1, 0.15) is 28.7 Å². The Morgan fingerprint density at radius 1 is 1.26 bits per heavy atom. The van der Waals surface area contributed by atoms with Gasteiger partial charge in [-0.05, 0) is 43.7 Å². The summed E-state index contributed by atoms with van der Waals surface area (Å²) >= 11 is 0. The Balaban J connectivity index is 1.80. The summed E-state index contributed by atoms with van der Waals surface area (Å²) in [4.78, 5) is 16.7. The van der Waals surface area contributed by atoms with Crippen molar-refractivity contribution in [1.29, 1.82) is 0 Å². The number of nitrogens with one attached hydrogen (secondary N) is 1. The number of hydrogen-bond donors (Lipinski definition) is 1. The van der Waals surface area contributed by atoms with Crippen LogP contribution in [0.2, 0.25) is 0 Å². The Morgan fingerprint density at radius 2 is 2.04 bits per heavy atom. The highest BCUT2D eigenvalue weighted by molar-refractivity contribution is 5.94. The first kappa shape index (κ1) is 15.2. The van der Waals surface area contributed by atoms with Crippen LogP contribution >= 0.6 is 0 Å². The summed E-state index contributed by atoms with van der Waals surface area (Å²) in [6, 6.07) is 12.3. The molecule has 5 heteroatoms. The van der Waals surface area contributed by atoms with Crippen LogP contribution in [0.5, 0.6) is 0 Å². The van der Waals surface area contributed by atoms with E-state index in [1.165, 1.54) is 6.07 Å². The molecule has 0 fully saturated rings. The van der Waals surface area contributed by atoms with Gasteiger partial charge in [-0.15, -0.1) is 0 Å². The van der Waals surface area contributed by atoms with Gasteiger partial charge in [-0.1, -0.05) is 18.2 Å². The summed E-state index contributed by atoms with van der Waals surface area (Å²) < 4.78 is 15.6. The molecule has 3 rings (SSSR count). The first-order chi connectivity index (χ1) is 11.1. The average Bonchev–Trinajstić information content (AvgIpc) is 2.92. The molecule has 2 aromatic carbocycles. The smallest absolute Gasteiger partial charge is 0.251 e. The molecule has 0 aliphatic carbocycles. The van der Waals surface area contributed by atoms with Crippen molar-refractivity contribution in [2.24, 2.45) is 0 Å². The normalized spacial score (nSPS) is 10.9. The Hall–Kier alpha value is -2.69. The Bertz CT molecular complexity index is 870. The molecule has 1 amide bonds. The zero-order valence-corrected chi connectivity index (χ0v) is 13.1. The third-order valence-corrected chi connectivity index (χ3v) is 3.89. The lowest BCUT2D eigenvalue weighted by Gasteiger charge is -2.08. The van der Waals surface area contributed by atoms with E-state index in [0.29, 0.717) is 17.7 Å². The van der Waals surface area contributed by atoms with Crippen molar-refractivity contribution in [2.75, 3.05) is 0 Å². The van der Waals surface area contributed by atoms with E-state index in [2.05, 4.69) is 14.9 Å². The van der Waals surface area contributed by atoms with Crippen molar-refractivity contribution in [1.82, 2.24) is 14.9 Å². The summed E-state index contributed by atoms with van der Waals surface area (Å²) in [5.74, 6) is 0.103. The molecule has 118 valence electrons. The van der Waals surface area contributed by atoms with Gasteiger partial charge >= 0.3 is 0 Å². The van der Waals surface area contributed by atoms with Crippen molar-refractivity contribution in [3.05, 3.63) is 65.2 Å². The topological polar surface area (TPSA) is 46.9 Å². The SMILES string of the molecule is CCn1c(CNC(=O)c2ccc(C)c(F)c2)nc2ccccc21. The fourth-order valence-corrected chi connectivity index (χ4v) is 2.61. The molecule has 0 atom stereocenters. The molecule has 0 radical (unpaired) electrons. The van der Waals surface area contributed by atoms with Gasteiger partial charge in [0.25, 0.3) is 5.91 Å². The predicted molar refractivity (Wildman–Crippen MR) is 87.7 cm³/mol. The summed E-state index contributed by atoms with van der Waals surface area (Å²) in [7, 11) is 0. The number of fused-ring (bicyclic) bond motifs is 1. The summed E-state index contributed by atoms with van der Waals surface area (Å²) in [6.45, 7) is 4.77. The van der Waals surface area contributed by atoms with E-state index in [0.717, 1.165) is 23.4 Å². The van der Waals surface area contributed by atoms with E-state index in [9.17, 15) is 9.18 Å². The quantitative estimate of drug-likeness (QED) is 0.802. The minimum absolute atomic E-state index is 0.302. The zero-order chi connectivity index (χ0) is 16.4. The van der Waals surface area contributed by atoms with E-state index < -0.39 is 0 Å². The molecule has 0 bridgehead atoms. The first-order valence-corrected chi connectivity index (χ1v) is 7.58. The van der Waals surface area contributed by atoms with Crippen LogP contribution in [0.4, 0.5) is 4.39 Å². The van der Waals surface area contributed by atoms with E-state index >= 15 is 0 Å². The van der Waals surface area contributed by atoms with Crippen LogP contribution in [-0.2, 0) is 13.1 Å². The van der Waals surface area contributed by atoms with Crippen LogP contribution in [0.25, 0.3) is 11.0 Å². The second-order valence-electron chi connectivity index (χ2n) is 5.41. The number of carbonyl (C=O) groups excluding carboxylic acids is 1. The molecule has 1 aromatic heterocycles. The highest BCUT2D eigenvalue weighted by Gasteiger charge is 2.12. The number of rotatable bonds is 4. The number of carbonyl (C=O) groups is 1. The minimum Gasteiger partial charge on any atom is -0.345 e. The van der Waals surface area contributed by atoms with Gasteiger partial charge in [0, 0.05) is 12.1 Å². The number of nitrogens with zero attached hydrogens (tertiary/aromatic N) is 2. The van der Waals surface area contributed by atoms with Gasteiger partial charge in [0.15, 0.2) is 0 Å². The summed E-state index contributed by atoms with van der Waals surface area (Å²) in [5.41, 5.74) is 2.78. The van der Waals surface area contributed by atoms with Crippen molar-refractivity contribution < 1.29 is 9.18 Å². The van der Waals surface area contributed by atoms with Crippen molar-refractivity contribution in [2.45, 2.75) is 26.9 Å². The molecule has 0 unspecified atom stereocenters. The third kappa shape index (κ3) is 2.95. The molecule has 0 aliphatic rings. The lowest BCUT2D eigenvalue weighted by atomic mass is 10.1. The van der Waals surface area contributed by atoms with Gasteiger partial charge in [-0.25, -0.2) is 9.37 Å². The van der Waals surface area contributed by atoms with Crippen molar-refractivity contribution in [3.63, 3.8) is 0 Å². The van der Waals surface area contributed by atoms with Crippen molar-refractivity contribution >= 4 is 16.9 Å². The number of amides is 1. The second kappa shape index (κ2) is 6.20. The largest absolute Gasteiger partial charge is 0.345 e. The Labute approximate surface area is 134 Å². The Morgan fingerprint density at radius 3 is 2.78 bits per heavy atom. The molecule has 0 spiro atoms. The molecule has 0 saturated heterocycles. The van der Waals surface area contributed by atoms with Crippen LogP contribution < -0.4 is 5.32 Å². The van der Waals surface area contributed by atoms with Gasteiger partial charge < -0.3 is 9.88 Å².